The van der Waals surface area contributed by atoms with Crippen LogP contribution < -0.4 is 0 Å². The first-order valence-electron chi connectivity index (χ1n) is 9.53. The van der Waals surface area contributed by atoms with E-state index in [9.17, 15) is 13.2 Å². The van der Waals surface area contributed by atoms with Crippen LogP contribution >= 0.6 is 15.9 Å². The van der Waals surface area contributed by atoms with Gasteiger partial charge in [0.2, 0.25) is 0 Å². The Labute approximate surface area is 182 Å². The van der Waals surface area contributed by atoms with E-state index in [2.05, 4.69) is 21.0 Å². The predicted octanol–water partition coefficient (Wildman–Crippen LogP) is 3.06. The Kier molecular flexibility index (Phi) is 4.76. The molecule has 0 aliphatic carbocycles. The number of sulfone groups is 1. The topological polar surface area (TPSA) is 81.5 Å². The van der Waals surface area contributed by atoms with Crippen LogP contribution in [0.5, 0.6) is 0 Å². The number of amides is 1. The molecule has 2 aromatic carbocycles. The number of benzene rings is 2. The van der Waals surface area contributed by atoms with Crippen molar-refractivity contribution < 1.29 is 17.9 Å². The third-order valence-corrected chi connectivity index (χ3v) is 7.52. The van der Waals surface area contributed by atoms with Crippen LogP contribution in [0.25, 0.3) is 16.9 Å². The zero-order valence-electron chi connectivity index (χ0n) is 15.9. The van der Waals surface area contributed by atoms with Gasteiger partial charge in [0, 0.05) is 28.7 Å². The van der Waals surface area contributed by atoms with Crippen LogP contribution in [-0.4, -0.2) is 55.3 Å². The van der Waals surface area contributed by atoms with Crippen LogP contribution in [0.4, 0.5) is 0 Å². The smallest absolute Gasteiger partial charge is 0.274 e. The Morgan fingerprint density at radius 3 is 2.53 bits per heavy atom. The monoisotopic (exact) mass is 487 g/mol. The molecule has 154 valence electrons. The van der Waals surface area contributed by atoms with E-state index in [0.717, 1.165) is 5.69 Å². The second kappa shape index (κ2) is 7.33. The summed E-state index contributed by atoms with van der Waals surface area (Å²) in [5.41, 5.74) is 2.60. The average Bonchev–Trinajstić information content (AvgIpc) is 3.13. The molecule has 0 saturated carbocycles. The fraction of sp³-hybridized carbons (Fsp3) is 0.238. The summed E-state index contributed by atoms with van der Waals surface area (Å²) in [6.07, 6.45) is 0. The van der Waals surface area contributed by atoms with Crippen molar-refractivity contribution in [1.82, 2.24) is 14.7 Å². The predicted molar refractivity (Wildman–Crippen MR) is 114 cm³/mol. The number of halogens is 1. The lowest BCUT2D eigenvalue weighted by Gasteiger charge is -2.26. The van der Waals surface area contributed by atoms with Crippen molar-refractivity contribution in [3.8, 4) is 16.9 Å². The molecule has 1 aromatic heterocycles. The minimum Gasteiger partial charge on any atom is -0.378 e. The molecular weight excluding hydrogens is 470 g/mol. The summed E-state index contributed by atoms with van der Waals surface area (Å²) in [5, 5.41) is 4.63. The average molecular weight is 488 g/mol. The number of nitrogens with zero attached hydrogens (tertiary/aromatic N) is 3. The molecule has 3 heterocycles. The van der Waals surface area contributed by atoms with Crippen molar-refractivity contribution in [3.05, 3.63) is 64.3 Å². The summed E-state index contributed by atoms with van der Waals surface area (Å²) in [6.45, 7) is 1.84. The van der Waals surface area contributed by atoms with Crippen molar-refractivity contribution in [1.29, 1.82) is 0 Å². The van der Waals surface area contributed by atoms with Gasteiger partial charge in [0.05, 0.1) is 35.2 Å². The lowest BCUT2D eigenvalue weighted by molar-refractivity contribution is 0.0298. The first-order valence-corrected chi connectivity index (χ1v) is 12.0. The van der Waals surface area contributed by atoms with Gasteiger partial charge in [-0.15, -0.1) is 0 Å². The van der Waals surface area contributed by atoms with Gasteiger partial charge in [-0.05, 0) is 24.3 Å². The van der Waals surface area contributed by atoms with Gasteiger partial charge >= 0.3 is 0 Å². The van der Waals surface area contributed by atoms with Gasteiger partial charge in [-0.2, -0.15) is 5.10 Å². The maximum atomic E-state index is 13.3. The standard InChI is InChI=1S/C21H18BrN3O4S/c22-14-6-7-16-18(12-14)30(27,28)13-17-19(21(26)24-8-10-29-11-9-24)23-25(20(16)17)15-4-2-1-3-5-15/h1-7,12H,8-11,13H2. The Morgan fingerprint density at radius 1 is 1.07 bits per heavy atom. The highest BCUT2D eigenvalue weighted by Crippen LogP contribution is 2.41. The molecule has 0 atom stereocenters. The molecule has 7 nitrogen and oxygen atoms in total. The van der Waals surface area contributed by atoms with Gasteiger partial charge in [0.15, 0.2) is 15.5 Å². The number of carbonyl (C=O) groups is 1. The number of fused-ring (bicyclic) bond motifs is 3. The summed E-state index contributed by atoms with van der Waals surface area (Å²) in [6, 6.07) is 14.6. The third-order valence-electron chi connectivity index (χ3n) is 5.35. The van der Waals surface area contributed by atoms with Gasteiger partial charge in [0.25, 0.3) is 5.91 Å². The molecule has 5 rings (SSSR count). The van der Waals surface area contributed by atoms with Crippen LogP contribution in [0, 0.1) is 0 Å². The Balaban J connectivity index is 1.76. The van der Waals surface area contributed by atoms with E-state index >= 15 is 0 Å². The number of ether oxygens (including phenoxy) is 1. The van der Waals surface area contributed by atoms with E-state index < -0.39 is 9.84 Å². The minimum atomic E-state index is -3.61. The molecule has 0 bridgehead atoms. The molecule has 2 aliphatic heterocycles. The van der Waals surface area contributed by atoms with Crippen LogP contribution in [0.2, 0.25) is 0 Å². The fourth-order valence-corrected chi connectivity index (χ4v) is 6.05. The first kappa shape index (κ1) is 19.5. The van der Waals surface area contributed by atoms with Crippen molar-refractivity contribution in [3.63, 3.8) is 0 Å². The molecule has 9 heteroatoms. The number of morpholine rings is 1. The molecular formula is C21H18BrN3O4S. The van der Waals surface area contributed by atoms with Gasteiger partial charge in [-0.3, -0.25) is 4.79 Å². The first-order chi connectivity index (χ1) is 14.5. The maximum absolute atomic E-state index is 13.3. The number of hydrogen-bond acceptors (Lipinski definition) is 5. The van der Waals surface area contributed by atoms with Crippen LogP contribution in [0.3, 0.4) is 0 Å². The van der Waals surface area contributed by atoms with Gasteiger partial charge < -0.3 is 9.64 Å². The highest BCUT2D eigenvalue weighted by Gasteiger charge is 2.37. The van der Waals surface area contributed by atoms with Crippen molar-refractivity contribution in [2.45, 2.75) is 10.6 Å². The summed E-state index contributed by atoms with van der Waals surface area (Å²) in [4.78, 5) is 15.2. The normalized spacial score (nSPS) is 17.3. The van der Waals surface area contributed by atoms with Crippen molar-refractivity contribution >= 4 is 31.7 Å². The molecule has 1 saturated heterocycles. The maximum Gasteiger partial charge on any atom is 0.274 e. The minimum absolute atomic E-state index is 0.188. The Hall–Kier alpha value is -2.49. The Bertz CT molecular complexity index is 1250. The summed E-state index contributed by atoms with van der Waals surface area (Å²) >= 11 is 3.37. The number of para-hydroxylation sites is 1. The number of rotatable bonds is 2. The largest absolute Gasteiger partial charge is 0.378 e. The molecule has 0 N–H and O–H groups in total. The van der Waals surface area contributed by atoms with Crippen LogP contribution in [0.1, 0.15) is 16.1 Å². The van der Waals surface area contributed by atoms with E-state index in [1.165, 1.54) is 0 Å². The third kappa shape index (κ3) is 3.17. The van der Waals surface area contributed by atoms with Crippen molar-refractivity contribution in [2.75, 3.05) is 26.3 Å². The molecule has 3 aromatic rings. The van der Waals surface area contributed by atoms with Crippen LogP contribution in [-0.2, 0) is 20.3 Å². The van der Waals surface area contributed by atoms with Gasteiger partial charge in [-0.1, -0.05) is 40.2 Å². The van der Waals surface area contributed by atoms with E-state index in [1.807, 2.05) is 30.3 Å². The zero-order chi connectivity index (χ0) is 20.9. The zero-order valence-corrected chi connectivity index (χ0v) is 18.3. The molecule has 0 radical (unpaired) electrons. The van der Waals surface area contributed by atoms with Crippen molar-refractivity contribution in [2.24, 2.45) is 0 Å². The number of aromatic nitrogens is 2. The summed E-state index contributed by atoms with van der Waals surface area (Å²) < 4.78 is 33.9. The highest BCUT2D eigenvalue weighted by atomic mass is 79.9. The van der Waals surface area contributed by atoms with E-state index in [0.29, 0.717) is 47.6 Å². The number of carbonyl (C=O) groups excluding carboxylic acids is 1. The lowest BCUT2D eigenvalue weighted by atomic mass is 10.0. The van der Waals surface area contributed by atoms with Gasteiger partial charge in [0.1, 0.15) is 0 Å². The quantitative estimate of drug-likeness (QED) is 0.554. The second-order valence-corrected chi connectivity index (χ2v) is 10.1. The SMILES string of the molecule is O=C(c1nn(-c2ccccc2)c2c1CS(=O)(=O)c1cc(Br)ccc1-2)N1CCOCC1. The van der Waals surface area contributed by atoms with E-state index in [-0.39, 0.29) is 22.2 Å². The Morgan fingerprint density at radius 2 is 1.80 bits per heavy atom. The molecule has 0 unspecified atom stereocenters. The summed E-state index contributed by atoms with van der Waals surface area (Å²) in [7, 11) is -3.61. The lowest BCUT2D eigenvalue weighted by Crippen LogP contribution is -2.41. The number of hydrogen-bond donors (Lipinski definition) is 0. The second-order valence-electron chi connectivity index (χ2n) is 7.23. The molecule has 30 heavy (non-hydrogen) atoms. The molecule has 2 aliphatic rings. The molecule has 1 fully saturated rings. The highest BCUT2D eigenvalue weighted by molar-refractivity contribution is 9.10. The van der Waals surface area contributed by atoms with E-state index in [4.69, 9.17) is 4.74 Å². The molecule has 1 amide bonds. The fourth-order valence-electron chi connectivity index (χ4n) is 3.92. The van der Waals surface area contributed by atoms with Crippen LogP contribution in [0.15, 0.2) is 57.9 Å². The van der Waals surface area contributed by atoms with E-state index in [1.54, 1.807) is 27.8 Å². The van der Waals surface area contributed by atoms with Gasteiger partial charge in [-0.25, -0.2) is 13.1 Å². The molecule has 0 spiro atoms. The summed E-state index contributed by atoms with van der Waals surface area (Å²) in [5.74, 6) is -0.524.